The quantitative estimate of drug-likeness (QED) is 0.874. The summed E-state index contributed by atoms with van der Waals surface area (Å²) in [4.78, 5) is 10.8. The molecule has 1 unspecified atom stereocenters. The number of ether oxygens (including phenoxy) is 1. The molecule has 1 aromatic heterocycles. The summed E-state index contributed by atoms with van der Waals surface area (Å²) in [5.41, 5.74) is -0.634. The smallest absolute Gasteiger partial charge is 0.345 e. The molecule has 0 bridgehead atoms. The molecular formula is C11H15NO5S2. The first kappa shape index (κ1) is 14.4. The predicted octanol–water partition coefficient (Wildman–Crippen LogP) is 1.29. The molecule has 0 aliphatic carbocycles. The lowest BCUT2D eigenvalue weighted by Gasteiger charge is -2.33. The zero-order valence-electron chi connectivity index (χ0n) is 10.4. The predicted molar refractivity (Wildman–Crippen MR) is 70.1 cm³/mol. The number of thiophene rings is 1. The topological polar surface area (TPSA) is 92.7 Å². The van der Waals surface area contributed by atoms with E-state index in [2.05, 4.69) is 4.72 Å². The monoisotopic (exact) mass is 305 g/mol. The maximum atomic E-state index is 12.2. The molecule has 1 aromatic rings. The maximum absolute atomic E-state index is 12.2. The molecule has 0 amide bonds. The number of carboxylic acids is 1. The Bertz CT molecular complexity index is 572. The number of aromatic carboxylic acids is 1. The highest BCUT2D eigenvalue weighted by atomic mass is 32.2. The number of nitrogens with one attached hydrogen (secondary N) is 1. The Balaban J connectivity index is 2.19. The summed E-state index contributed by atoms with van der Waals surface area (Å²) < 4.78 is 32.3. The van der Waals surface area contributed by atoms with Gasteiger partial charge in [-0.1, -0.05) is 0 Å². The molecule has 1 atom stereocenters. The van der Waals surface area contributed by atoms with Gasteiger partial charge in [-0.05, 0) is 31.9 Å². The van der Waals surface area contributed by atoms with E-state index in [1.54, 1.807) is 6.92 Å². The van der Waals surface area contributed by atoms with Crippen LogP contribution in [0.2, 0.25) is 0 Å². The van der Waals surface area contributed by atoms with Crippen molar-refractivity contribution in [1.82, 2.24) is 4.72 Å². The van der Waals surface area contributed by atoms with Gasteiger partial charge >= 0.3 is 5.97 Å². The van der Waals surface area contributed by atoms with Crippen molar-refractivity contribution in [3.05, 3.63) is 17.0 Å². The van der Waals surface area contributed by atoms with Crippen LogP contribution in [-0.2, 0) is 14.8 Å². The minimum Gasteiger partial charge on any atom is -0.477 e. The van der Waals surface area contributed by atoms with E-state index in [4.69, 9.17) is 9.84 Å². The van der Waals surface area contributed by atoms with Gasteiger partial charge in [0, 0.05) is 6.61 Å². The molecule has 1 aliphatic heterocycles. The van der Waals surface area contributed by atoms with E-state index in [0.29, 0.717) is 19.6 Å². The molecule has 8 heteroatoms. The molecule has 0 aromatic carbocycles. The number of hydrogen-bond donors (Lipinski definition) is 2. The van der Waals surface area contributed by atoms with Crippen LogP contribution < -0.4 is 4.72 Å². The van der Waals surface area contributed by atoms with Crippen molar-refractivity contribution >= 4 is 27.3 Å². The van der Waals surface area contributed by atoms with Crippen LogP contribution in [0.4, 0.5) is 0 Å². The van der Waals surface area contributed by atoms with Crippen molar-refractivity contribution in [2.24, 2.45) is 0 Å². The first-order chi connectivity index (χ1) is 8.82. The average Bonchev–Trinajstić information content (AvgIpc) is 2.78. The molecule has 1 saturated heterocycles. The van der Waals surface area contributed by atoms with Crippen molar-refractivity contribution < 1.29 is 23.1 Å². The number of carboxylic acid groups (broad SMARTS) is 1. The lowest BCUT2D eigenvalue weighted by Crippen LogP contribution is -2.51. The van der Waals surface area contributed by atoms with E-state index in [0.717, 1.165) is 17.8 Å². The molecule has 2 heterocycles. The number of rotatable bonds is 4. The molecule has 2 rings (SSSR count). The van der Waals surface area contributed by atoms with Crippen LogP contribution in [-0.4, -0.2) is 38.2 Å². The highest BCUT2D eigenvalue weighted by Crippen LogP contribution is 2.25. The molecule has 6 nitrogen and oxygen atoms in total. The van der Waals surface area contributed by atoms with Crippen molar-refractivity contribution in [3.8, 4) is 0 Å². The Kier molecular flexibility index (Phi) is 3.95. The van der Waals surface area contributed by atoms with Crippen LogP contribution in [0.1, 0.15) is 29.4 Å². The fourth-order valence-corrected chi connectivity index (χ4v) is 4.54. The summed E-state index contributed by atoms with van der Waals surface area (Å²) in [5, 5.41) is 8.81. The van der Waals surface area contributed by atoms with Gasteiger partial charge in [-0.3, -0.25) is 0 Å². The Morgan fingerprint density at radius 1 is 1.53 bits per heavy atom. The molecule has 2 N–H and O–H groups in total. The van der Waals surface area contributed by atoms with Gasteiger partial charge in [-0.15, -0.1) is 11.3 Å². The van der Waals surface area contributed by atoms with Crippen molar-refractivity contribution in [3.63, 3.8) is 0 Å². The van der Waals surface area contributed by atoms with Gasteiger partial charge in [0.1, 0.15) is 9.09 Å². The first-order valence-corrected chi connectivity index (χ1v) is 8.07. The number of sulfonamides is 1. The fraction of sp³-hybridized carbons (Fsp3) is 0.545. The highest BCUT2D eigenvalue weighted by molar-refractivity contribution is 7.91. The largest absolute Gasteiger partial charge is 0.477 e. The van der Waals surface area contributed by atoms with Crippen LogP contribution in [0.5, 0.6) is 0 Å². The van der Waals surface area contributed by atoms with Crippen LogP contribution in [0.25, 0.3) is 0 Å². The maximum Gasteiger partial charge on any atom is 0.345 e. The van der Waals surface area contributed by atoms with Gasteiger partial charge in [0.15, 0.2) is 0 Å². The summed E-state index contributed by atoms with van der Waals surface area (Å²) in [6.45, 7) is 2.75. The van der Waals surface area contributed by atoms with E-state index in [1.807, 2.05) is 0 Å². The van der Waals surface area contributed by atoms with Gasteiger partial charge in [-0.25, -0.2) is 17.9 Å². The zero-order valence-corrected chi connectivity index (χ0v) is 12.0. The third-order valence-corrected chi connectivity index (χ3v) is 6.08. The number of carbonyl (C=O) groups is 1. The summed E-state index contributed by atoms with van der Waals surface area (Å²) in [6.07, 6.45) is 1.49. The Hall–Kier alpha value is -0.960. The molecule has 1 aliphatic rings. The highest BCUT2D eigenvalue weighted by Gasteiger charge is 2.33. The minimum absolute atomic E-state index is 0.00502. The molecule has 106 valence electrons. The lowest BCUT2D eigenvalue weighted by atomic mass is 9.97. The van der Waals surface area contributed by atoms with Crippen LogP contribution in [0.3, 0.4) is 0 Å². The van der Waals surface area contributed by atoms with Crippen LogP contribution in [0, 0.1) is 0 Å². The van der Waals surface area contributed by atoms with Crippen LogP contribution in [0.15, 0.2) is 16.3 Å². The van der Waals surface area contributed by atoms with Crippen molar-refractivity contribution in [2.45, 2.75) is 29.5 Å². The number of hydrogen-bond acceptors (Lipinski definition) is 5. The Labute approximate surface area is 115 Å². The first-order valence-electron chi connectivity index (χ1n) is 5.77. The molecule has 0 radical (unpaired) electrons. The fourth-order valence-electron chi connectivity index (χ4n) is 1.97. The Morgan fingerprint density at radius 2 is 2.26 bits per heavy atom. The molecule has 0 spiro atoms. The van der Waals surface area contributed by atoms with Crippen molar-refractivity contribution in [1.29, 1.82) is 0 Å². The summed E-state index contributed by atoms with van der Waals surface area (Å²) >= 11 is 0.744. The lowest BCUT2D eigenvalue weighted by molar-refractivity contribution is 0.0387. The normalized spacial score (nSPS) is 24.3. The van der Waals surface area contributed by atoms with E-state index < -0.39 is 21.5 Å². The van der Waals surface area contributed by atoms with E-state index >= 15 is 0 Å². The second-order valence-electron chi connectivity index (χ2n) is 4.75. The third-order valence-electron chi connectivity index (χ3n) is 2.88. The van der Waals surface area contributed by atoms with Gasteiger partial charge in [0.2, 0.25) is 0 Å². The zero-order chi connectivity index (χ0) is 14.1. The SMILES string of the molecule is CC1(NS(=O)(=O)c2ccc(C(=O)O)s2)CCCOC1. The molecule has 1 fully saturated rings. The van der Waals surface area contributed by atoms with Gasteiger partial charge < -0.3 is 9.84 Å². The summed E-state index contributed by atoms with van der Waals surface area (Å²) in [5.74, 6) is -1.13. The molecule has 19 heavy (non-hydrogen) atoms. The molecular weight excluding hydrogens is 290 g/mol. The standard InChI is InChI=1S/C11H15NO5S2/c1-11(5-2-6-17-7-11)12-19(15,16)9-4-3-8(18-9)10(13)14/h3-4,12H,2,5-7H2,1H3,(H,13,14). The second-order valence-corrected chi connectivity index (χ2v) is 7.74. The van der Waals surface area contributed by atoms with E-state index in [9.17, 15) is 13.2 Å². The van der Waals surface area contributed by atoms with E-state index in [1.165, 1.54) is 12.1 Å². The second kappa shape index (κ2) is 5.20. The van der Waals surface area contributed by atoms with Crippen LogP contribution >= 0.6 is 11.3 Å². The van der Waals surface area contributed by atoms with Gasteiger partial charge in [0.25, 0.3) is 10.0 Å². The molecule has 0 saturated carbocycles. The average molecular weight is 305 g/mol. The van der Waals surface area contributed by atoms with Gasteiger partial charge in [-0.2, -0.15) is 0 Å². The van der Waals surface area contributed by atoms with Gasteiger partial charge in [0.05, 0.1) is 12.1 Å². The van der Waals surface area contributed by atoms with E-state index in [-0.39, 0.29) is 9.09 Å². The third kappa shape index (κ3) is 3.33. The minimum atomic E-state index is -3.71. The summed E-state index contributed by atoms with van der Waals surface area (Å²) in [7, 11) is -3.71. The Morgan fingerprint density at radius 3 is 2.79 bits per heavy atom. The van der Waals surface area contributed by atoms with Crippen molar-refractivity contribution in [2.75, 3.05) is 13.2 Å². The summed E-state index contributed by atoms with van der Waals surface area (Å²) in [6, 6.07) is 2.60.